The van der Waals surface area contributed by atoms with Crippen LogP contribution in [0.5, 0.6) is 0 Å². The molecule has 0 bridgehead atoms. The number of hydrogen-bond acceptors (Lipinski definition) is 2. The number of fused-ring (bicyclic) bond motifs is 1. The molecule has 3 aromatic rings. The zero-order chi connectivity index (χ0) is 16.9. The van der Waals surface area contributed by atoms with Gasteiger partial charge in [-0.3, -0.25) is 0 Å². The third-order valence-corrected chi connectivity index (χ3v) is 5.49. The van der Waals surface area contributed by atoms with Gasteiger partial charge in [0.25, 0.3) is 0 Å². The first kappa shape index (κ1) is 17.1. The molecule has 1 aromatic heterocycles. The number of benzene rings is 2. The standard InChI is InChI=1S/C18H16Cl2N2OS/c19-15-6-5-12(9-16(15)20)11-22-18(23)21-8-7-14-10-13-3-1-2-4-17(13)24-14/h1-6,9-10H,7-8,11H2,(H2,21,22,23). The maximum atomic E-state index is 11.9. The van der Waals surface area contributed by atoms with Crippen LogP contribution in [0.4, 0.5) is 4.79 Å². The number of rotatable bonds is 5. The first-order chi connectivity index (χ1) is 11.6. The molecule has 0 fully saturated rings. The first-order valence-corrected chi connectivity index (χ1v) is 9.12. The van der Waals surface area contributed by atoms with Gasteiger partial charge in [0.15, 0.2) is 0 Å². The maximum absolute atomic E-state index is 11.9. The van der Waals surface area contributed by atoms with E-state index in [4.69, 9.17) is 23.2 Å². The lowest BCUT2D eigenvalue weighted by atomic mass is 10.2. The van der Waals surface area contributed by atoms with Crippen molar-refractivity contribution in [3.05, 3.63) is 69.0 Å². The van der Waals surface area contributed by atoms with Gasteiger partial charge in [0.2, 0.25) is 0 Å². The number of urea groups is 1. The van der Waals surface area contributed by atoms with Crippen LogP contribution in [0.2, 0.25) is 10.0 Å². The van der Waals surface area contributed by atoms with Gasteiger partial charge in [-0.15, -0.1) is 11.3 Å². The van der Waals surface area contributed by atoms with Gasteiger partial charge in [-0.05, 0) is 41.6 Å². The fourth-order valence-corrected chi connectivity index (χ4v) is 3.74. The highest BCUT2D eigenvalue weighted by Gasteiger charge is 2.04. The second kappa shape index (κ2) is 7.88. The summed E-state index contributed by atoms with van der Waals surface area (Å²) in [5, 5.41) is 7.93. The highest BCUT2D eigenvalue weighted by molar-refractivity contribution is 7.19. The molecular formula is C18H16Cl2N2OS. The minimum absolute atomic E-state index is 0.192. The Morgan fingerprint density at radius 2 is 1.83 bits per heavy atom. The van der Waals surface area contributed by atoms with Crippen molar-refractivity contribution >= 4 is 50.7 Å². The monoisotopic (exact) mass is 378 g/mol. The number of carbonyl (C=O) groups excluding carboxylic acids is 1. The van der Waals surface area contributed by atoms with Crippen LogP contribution in [0.3, 0.4) is 0 Å². The van der Waals surface area contributed by atoms with Gasteiger partial charge in [-0.1, -0.05) is 47.5 Å². The number of carbonyl (C=O) groups is 1. The van der Waals surface area contributed by atoms with Crippen LogP contribution >= 0.6 is 34.5 Å². The fraction of sp³-hybridized carbons (Fsp3) is 0.167. The van der Waals surface area contributed by atoms with Crippen LogP contribution in [0, 0.1) is 0 Å². The lowest BCUT2D eigenvalue weighted by Gasteiger charge is -2.08. The molecule has 24 heavy (non-hydrogen) atoms. The quantitative estimate of drug-likeness (QED) is 0.625. The van der Waals surface area contributed by atoms with Gasteiger partial charge in [0.05, 0.1) is 10.0 Å². The Hall–Kier alpha value is -1.75. The van der Waals surface area contributed by atoms with E-state index in [1.54, 1.807) is 23.5 Å². The molecule has 3 rings (SSSR count). The second-order valence-electron chi connectivity index (χ2n) is 5.36. The van der Waals surface area contributed by atoms with Crippen molar-refractivity contribution in [2.45, 2.75) is 13.0 Å². The smallest absolute Gasteiger partial charge is 0.315 e. The number of amides is 2. The largest absolute Gasteiger partial charge is 0.338 e. The van der Waals surface area contributed by atoms with Crippen molar-refractivity contribution < 1.29 is 4.79 Å². The summed E-state index contributed by atoms with van der Waals surface area (Å²) in [6.45, 7) is 1.01. The van der Waals surface area contributed by atoms with Crippen LogP contribution in [0.15, 0.2) is 48.5 Å². The molecule has 2 aromatic carbocycles. The molecule has 0 saturated carbocycles. The predicted octanol–water partition coefficient (Wildman–Crippen LogP) is 5.25. The van der Waals surface area contributed by atoms with E-state index < -0.39 is 0 Å². The molecule has 0 atom stereocenters. The molecule has 3 nitrogen and oxygen atoms in total. The highest BCUT2D eigenvalue weighted by atomic mass is 35.5. The molecule has 2 N–H and O–H groups in total. The average molecular weight is 379 g/mol. The summed E-state index contributed by atoms with van der Waals surface area (Å²) < 4.78 is 1.27. The molecule has 2 amide bonds. The van der Waals surface area contributed by atoms with E-state index >= 15 is 0 Å². The third-order valence-electron chi connectivity index (χ3n) is 3.57. The maximum Gasteiger partial charge on any atom is 0.315 e. The number of thiophene rings is 1. The number of nitrogens with one attached hydrogen (secondary N) is 2. The van der Waals surface area contributed by atoms with E-state index in [1.807, 2.05) is 18.2 Å². The lowest BCUT2D eigenvalue weighted by molar-refractivity contribution is 0.240. The fourth-order valence-electron chi connectivity index (χ4n) is 2.35. The Kier molecular flexibility index (Phi) is 5.61. The highest BCUT2D eigenvalue weighted by Crippen LogP contribution is 2.25. The minimum Gasteiger partial charge on any atom is -0.338 e. The van der Waals surface area contributed by atoms with Crippen LogP contribution in [0.1, 0.15) is 10.4 Å². The second-order valence-corrected chi connectivity index (χ2v) is 7.34. The first-order valence-electron chi connectivity index (χ1n) is 7.55. The van der Waals surface area contributed by atoms with Gasteiger partial charge in [-0.25, -0.2) is 4.79 Å². The summed E-state index contributed by atoms with van der Waals surface area (Å²) in [4.78, 5) is 13.1. The molecule has 0 spiro atoms. The lowest BCUT2D eigenvalue weighted by Crippen LogP contribution is -2.36. The van der Waals surface area contributed by atoms with Crippen molar-refractivity contribution in [3.8, 4) is 0 Å². The van der Waals surface area contributed by atoms with E-state index in [-0.39, 0.29) is 6.03 Å². The molecule has 124 valence electrons. The Labute approximate surface area is 154 Å². The Bertz CT molecular complexity index is 830. The summed E-state index contributed by atoms with van der Waals surface area (Å²) in [6, 6.07) is 15.6. The molecule has 1 heterocycles. The molecule has 0 unspecified atom stereocenters. The minimum atomic E-state index is -0.192. The van der Waals surface area contributed by atoms with Crippen molar-refractivity contribution in [1.29, 1.82) is 0 Å². The summed E-state index contributed by atoms with van der Waals surface area (Å²) in [6.07, 6.45) is 0.819. The topological polar surface area (TPSA) is 41.1 Å². The van der Waals surface area contributed by atoms with Gasteiger partial charge in [0.1, 0.15) is 0 Å². The van der Waals surface area contributed by atoms with Gasteiger partial charge < -0.3 is 10.6 Å². The zero-order valence-electron chi connectivity index (χ0n) is 12.8. The molecule has 0 saturated heterocycles. The van der Waals surface area contributed by atoms with Crippen molar-refractivity contribution in [2.24, 2.45) is 0 Å². The molecule has 0 aliphatic rings. The van der Waals surface area contributed by atoms with E-state index in [0.717, 1.165) is 12.0 Å². The number of hydrogen-bond donors (Lipinski definition) is 2. The van der Waals surface area contributed by atoms with E-state index in [0.29, 0.717) is 23.1 Å². The Balaban J connectivity index is 1.44. The number of halogens is 2. The van der Waals surface area contributed by atoms with Crippen LogP contribution in [0.25, 0.3) is 10.1 Å². The summed E-state index contributed by atoms with van der Waals surface area (Å²) in [5.74, 6) is 0. The van der Waals surface area contributed by atoms with Crippen LogP contribution in [-0.2, 0) is 13.0 Å². The molecule has 0 radical (unpaired) electrons. The van der Waals surface area contributed by atoms with Crippen molar-refractivity contribution in [2.75, 3.05) is 6.54 Å². The molecule has 6 heteroatoms. The summed E-state index contributed by atoms with van der Waals surface area (Å²) >= 11 is 13.6. The summed E-state index contributed by atoms with van der Waals surface area (Å²) in [5.41, 5.74) is 0.907. The predicted molar refractivity (Wildman–Crippen MR) is 102 cm³/mol. The van der Waals surface area contributed by atoms with E-state index in [9.17, 15) is 4.79 Å². The van der Waals surface area contributed by atoms with Gasteiger partial charge >= 0.3 is 6.03 Å². The Morgan fingerprint density at radius 3 is 2.62 bits per heavy atom. The van der Waals surface area contributed by atoms with Gasteiger partial charge in [-0.2, -0.15) is 0 Å². The van der Waals surface area contributed by atoms with Crippen LogP contribution in [-0.4, -0.2) is 12.6 Å². The average Bonchev–Trinajstić information content (AvgIpc) is 2.98. The van der Waals surface area contributed by atoms with E-state index in [2.05, 4.69) is 28.8 Å². The SMILES string of the molecule is O=C(NCCc1cc2ccccc2s1)NCc1ccc(Cl)c(Cl)c1. The van der Waals surface area contributed by atoms with Gasteiger partial charge in [0, 0.05) is 22.7 Å². The molecule has 0 aliphatic heterocycles. The van der Waals surface area contributed by atoms with Crippen molar-refractivity contribution in [1.82, 2.24) is 10.6 Å². The normalized spacial score (nSPS) is 10.8. The van der Waals surface area contributed by atoms with E-state index in [1.165, 1.54) is 15.0 Å². The molecule has 0 aliphatic carbocycles. The van der Waals surface area contributed by atoms with Crippen LogP contribution < -0.4 is 10.6 Å². The van der Waals surface area contributed by atoms with Crippen molar-refractivity contribution in [3.63, 3.8) is 0 Å². The molecular weight excluding hydrogens is 363 g/mol. The zero-order valence-corrected chi connectivity index (χ0v) is 15.1. The third kappa shape index (κ3) is 4.41. The Morgan fingerprint density at radius 1 is 1.00 bits per heavy atom. The summed E-state index contributed by atoms with van der Waals surface area (Å²) in [7, 11) is 0.